The number of aromatic amines is 1. The van der Waals surface area contributed by atoms with Gasteiger partial charge >= 0.3 is 0 Å². The maximum absolute atomic E-state index is 5.71. The highest BCUT2D eigenvalue weighted by molar-refractivity contribution is 5.80. The first-order chi connectivity index (χ1) is 8.70. The van der Waals surface area contributed by atoms with Crippen molar-refractivity contribution in [1.29, 1.82) is 0 Å². The highest BCUT2D eigenvalue weighted by Crippen LogP contribution is 2.17. The number of aromatic nitrogens is 3. The van der Waals surface area contributed by atoms with Crippen LogP contribution in [0.25, 0.3) is 11.0 Å². The SMILES string of the molecule is Cc1cc(CNc2nc3ccc(N)cc3[nH]2)no1. The van der Waals surface area contributed by atoms with Crippen molar-refractivity contribution in [3.05, 3.63) is 35.7 Å². The van der Waals surface area contributed by atoms with Gasteiger partial charge in [0.15, 0.2) is 0 Å². The number of hydrogen-bond acceptors (Lipinski definition) is 5. The summed E-state index contributed by atoms with van der Waals surface area (Å²) in [7, 11) is 0. The van der Waals surface area contributed by atoms with Gasteiger partial charge in [-0.3, -0.25) is 0 Å². The van der Waals surface area contributed by atoms with E-state index in [9.17, 15) is 0 Å². The number of aryl methyl sites for hydroxylation is 1. The average molecular weight is 243 g/mol. The van der Waals surface area contributed by atoms with Crippen LogP contribution in [-0.2, 0) is 6.54 Å². The topological polar surface area (TPSA) is 92.8 Å². The van der Waals surface area contributed by atoms with E-state index in [-0.39, 0.29) is 0 Å². The second kappa shape index (κ2) is 4.06. The second-order valence-electron chi connectivity index (χ2n) is 4.14. The fourth-order valence-corrected chi connectivity index (χ4v) is 1.79. The van der Waals surface area contributed by atoms with E-state index >= 15 is 0 Å². The highest BCUT2D eigenvalue weighted by Gasteiger charge is 2.04. The molecule has 0 atom stereocenters. The molecule has 0 fully saturated rings. The zero-order chi connectivity index (χ0) is 12.5. The molecule has 92 valence electrons. The monoisotopic (exact) mass is 243 g/mol. The van der Waals surface area contributed by atoms with Gasteiger partial charge in [0.1, 0.15) is 11.5 Å². The van der Waals surface area contributed by atoms with Crippen LogP contribution < -0.4 is 11.1 Å². The van der Waals surface area contributed by atoms with E-state index in [4.69, 9.17) is 10.3 Å². The van der Waals surface area contributed by atoms with Crippen molar-refractivity contribution < 1.29 is 4.52 Å². The van der Waals surface area contributed by atoms with Crippen molar-refractivity contribution in [3.8, 4) is 0 Å². The van der Waals surface area contributed by atoms with E-state index < -0.39 is 0 Å². The summed E-state index contributed by atoms with van der Waals surface area (Å²) < 4.78 is 4.99. The lowest BCUT2D eigenvalue weighted by Gasteiger charge is -1.97. The first-order valence-electron chi connectivity index (χ1n) is 5.62. The Hall–Kier alpha value is -2.50. The molecule has 2 heterocycles. The zero-order valence-electron chi connectivity index (χ0n) is 9.90. The Morgan fingerprint density at radius 1 is 1.39 bits per heavy atom. The van der Waals surface area contributed by atoms with Crippen LogP contribution >= 0.6 is 0 Å². The first kappa shape index (κ1) is 10.6. The predicted octanol–water partition coefficient (Wildman–Crippen LogP) is 2.05. The third kappa shape index (κ3) is 2.00. The predicted molar refractivity (Wildman–Crippen MR) is 69.1 cm³/mol. The highest BCUT2D eigenvalue weighted by atomic mass is 16.5. The summed E-state index contributed by atoms with van der Waals surface area (Å²) >= 11 is 0. The van der Waals surface area contributed by atoms with Crippen molar-refractivity contribution >= 4 is 22.7 Å². The van der Waals surface area contributed by atoms with Crippen LogP contribution in [0.1, 0.15) is 11.5 Å². The number of nitrogens with two attached hydrogens (primary N) is 1. The molecule has 4 N–H and O–H groups in total. The Kier molecular flexibility index (Phi) is 2.40. The molecule has 3 aromatic rings. The van der Waals surface area contributed by atoms with Gasteiger partial charge in [-0.25, -0.2) is 4.98 Å². The molecule has 0 aliphatic heterocycles. The number of hydrogen-bond donors (Lipinski definition) is 3. The molecule has 18 heavy (non-hydrogen) atoms. The molecular weight excluding hydrogens is 230 g/mol. The molecular formula is C12H13N5O. The minimum Gasteiger partial charge on any atom is -0.399 e. The Morgan fingerprint density at radius 3 is 3.06 bits per heavy atom. The number of imidazole rings is 1. The summed E-state index contributed by atoms with van der Waals surface area (Å²) in [5.74, 6) is 1.49. The van der Waals surface area contributed by atoms with Gasteiger partial charge in [0, 0.05) is 11.8 Å². The fraction of sp³-hybridized carbons (Fsp3) is 0.167. The zero-order valence-corrected chi connectivity index (χ0v) is 9.90. The van der Waals surface area contributed by atoms with E-state index in [0.717, 1.165) is 22.5 Å². The average Bonchev–Trinajstić information content (AvgIpc) is 2.92. The van der Waals surface area contributed by atoms with Crippen LogP contribution in [0.15, 0.2) is 28.8 Å². The number of nitrogens with zero attached hydrogens (tertiary/aromatic N) is 2. The largest absolute Gasteiger partial charge is 0.399 e. The standard InChI is InChI=1S/C12H13N5O/c1-7-4-9(17-18-7)6-14-12-15-10-3-2-8(13)5-11(10)16-12/h2-5H,6,13H2,1H3,(H2,14,15,16). The lowest BCUT2D eigenvalue weighted by molar-refractivity contribution is 0.391. The summed E-state index contributed by atoms with van der Waals surface area (Å²) in [6, 6.07) is 7.45. The minimum atomic E-state index is 0.562. The molecule has 0 aliphatic carbocycles. The summed E-state index contributed by atoms with van der Waals surface area (Å²) in [4.78, 5) is 7.55. The van der Waals surface area contributed by atoms with Gasteiger partial charge in [-0.1, -0.05) is 5.16 Å². The van der Waals surface area contributed by atoms with E-state index in [2.05, 4.69) is 20.4 Å². The molecule has 0 radical (unpaired) electrons. The smallest absolute Gasteiger partial charge is 0.201 e. The Morgan fingerprint density at radius 2 is 2.28 bits per heavy atom. The van der Waals surface area contributed by atoms with Gasteiger partial charge in [0.2, 0.25) is 5.95 Å². The number of benzene rings is 1. The summed E-state index contributed by atoms with van der Waals surface area (Å²) in [5, 5.41) is 7.05. The van der Waals surface area contributed by atoms with Crippen LogP contribution in [0, 0.1) is 6.92 Å². The minimum absolute atomic E-state index is 0.562. The molecule has 0 amide bonds. The van der Waals surface area contributed by atoms with E-state index in [1.165, 1.54) is 0 Å². The van der Waals surface area contributed by atoms with Gasteiger partial charge in [0.05, 0.1) is 17.6 Å². The van der Waals surface area contributed by atoms with E-state index in [0.29, 0.717) is 18.2 Å². The number of fused-ring (bicyclic) bond motifs is 1. The Balaban J connectivity index is 1.78. The van der Waals surface area contributed by atoms with Gasteiger partial charge in [-0.15, -0.1) is 0 Å². The molecule has 6 nitrogen and oxygen atoms in total. The maximum Gasteiger partial charge on any atom is 0.201 e. The van der Waals surface area contributed by atoms with Gasteiger partial charge < -0.3 is 20.6 Å². The summed E-state index contributed by atoms with van der Waals surface area (Å²) in [6.07, 6.45) is 0. The number of nitrogens with one attached hydrogen (secondary N) is 2. The maximum atomic E-state index is 5.71. The molecule has 2 aromatic heterocycles. The fourth-order valence-electron chi connectivity index (χ4n) is 1.79. The van der Waals surface area contributed by atoms with E-state index in [1.807, 2.05) is 31.2 Å². The third-order valence-electron chi connectivity index (χ3n) is 2.62. The second-order valence-corrected chi connectivity index (χ2v) is 4.14. The lowest BCUT2D eigenvalue weighted by atomic mass is 10.3. The number of nitrogen functional groups attached to an aromatic ring is 1. The van der Waals surface area contributed by atoms with Crippen molar-refractivity contribution in [2.75, 3.05) is 11.1 Å². The van der Waals surface area contributed by atoms with Gasteiger partial charge in [-0.05, 0) is 25.1 Å². The van der Waals surface area contributed by atoms with Crippen molar-refractivity contribution in [1.82, 2.24) is 15.1 Å². The number of anilines is 2. The third-order valence-corrected chi connectivity index (χ3v) is 2.62. The van der Waals surface area contributed by atoms with Gasteiger partial charge in [0.25, 0.3) is 0 Å². The quantitative estimate of drug-likeness (QED) is 0.612. The summed E-state index contributed by atoms with van der Waals surface area (Å²) in [5.41, 5.74) is 9.05. The van der Waals surface area contributed by atoms with Crippen LogP contribution in [0.2, 0.25) is 0 Å². The Bertz CT molecular complexity index is 685. The van der Waals surface area contributed by atoms with Gasteiger partial charge in [-0.2, -0.15) is 0 Å². The van der Waals surface area contributed by atoms with Crippen molar-refractivity contribution in [3.63, 3.8) is 0 Å². The normalized spacial score (nSPS) is 10.9. The molecule has 3 rings (SSSR count). The van der Waals surface area contributed by atoms with Crippen molar-refractivity contribution in [2.45, 2.75) is 13.5 Å². The molecule has 0 aliphatic rings. The van der Waals surface area contributed by atoms with Crippen LogP contribution in [-0.4, -0.2) is 15.1 Å². The Labute approximate surface area is 103 Å². The first-order valence-corrected chi connectivity index (χ1v) is 5.62. The molecule has 6 heteroatoms. The lowest BCUT2D eigenvalue weighted by Crippen LogP contribution is -2.00. The summed E-state index contributed by atoms with van der Waals surface area (Å²) in [6.45, 7) is 2.42. The van der Waals surface area contributed by atoms with Crippen molar-refractivity contribution in [2.24, 2.45) is 0 Å². The van der Waals surface area contributed by atoms with Crippen LogP contribution in [0.4, 0.5) is 11.6 Å². The number of rotatable bonds is 3. The molecule has 0 spiro atoms. The molecule has 1 aromatic carbocycles. The molecule has 0 saturated heterocycles. The van der Waals surface area contributed by atoms with E-state index in [1.54, 1.807) is 0 Å². The van der Waals surface area contributed by atoms with Crippen LogP contribution in [0.3, 0.4) is 0 Å². The molecule has 0 bridgehead atoms. The number of H-pyrrole nitrogens is 1. The molecule has 0 saturated carbocycles. The van der Waals surface area contributed by atoms with Crippen LogP contribution in [0.5, 0.6) is 0 Å². The molecule has 0 unspecified atom stereocenters.